The molecule has 11 heteroatoms. The van der Waals surface area contributed by atoms with Gasteiger partial charge in [0.1, 0.15) is 21.5 Å². The molecule has 0 aromatic carbocycles. The first-order valence-corrected chi connectivity index (χ1v) is 11.3. The number of hydrogen-bond donors (Lipinski definition) is 0. The third-order valence-corrected chi connectivity index (χ3v) is 5.72. The Labute approximate surface area is 186 Å². The number of nitrogens with zero attached hydrogens (tertiary/aromatic N) is 5. The average Bonchev–Trinajstić information content (AvgIpc) is 2.64. The van der Waals surface area contributed by atoms with Crippen LogP contribution >= 0.6 is 39.3 Å². The molecule has 0 bridgehead atoms. The maximum absolute atomic E-state index is 14.7. The van der Waals surface area contributed by atoms with Gasteiger partial charge in [0.15, 0.2) is 16.1 Å². The lowest BCUT2D eigenvalue weighted by molar-refractivity contribution is 0.0240. The summed E-state index contributed by atoms with van der Waals surface area (Å²) in [4.78, 5) is 29.0. The van der Waals surface area contributed by atoms with E-state index in [0.29, 0.717) is 47.1 Å². The predicted octanol–water partition coefficient (Wildman–Crippen LogP) is 4.75. The molecule has 0 saturated carbocycles. The van der Waals surface area contributed by atoms with Gasteiger partial charge in [-0.05, 0) is 42.5 Å². The summed E-state index contributed by atoms with van der Waals surface area (Å²) >= 11 is 10.7. The van der Waals surface area contributed by atoms with E-state index in [-0.39, 0.29) is 16.8 Å². The van der Waals surface area contributed by atoms with Crippen LogP contribution in [0.3, 0.4) is 0 Å². The fourth-order valence-electron chi connectivity index (χ4n) is 2.92. The molecule has 1 aliphatic rings. The molecule has 158 valence electrons. The second kappa shape index (κ2) is 8.77. The highest BCUT2D eigenvalue weighted by atomic mass is 79.9. The van der Waals surface area contributed by atoms with Crippen molar-refractivity contribution in [2.24, 2.45) is 0 Å². The van der Waals surface area contributed by atoms with Crippen molar-refractivity contribution in [3.63, 3.8) is 0 Å². The monoisotopic (exact) mass is 505 g/mol. The van der Waals surface area contributed by atoms with Crippen LogP contribution in [0.2, 0.25) is 5.15 Å². The molecule has 3 heterocycles. The summed E-state index contributed by atoms with van der Waals surface area (Å²) < 4.78 is 20.5. The minimum atomic E-state index is -0.668. The molecule has 2 aromatic heterocycles. The summed E-state index contributed by atoms with van der Waals surface area (Å²) in [6.45, 7) is 9.48. The van der Waals surface area contributed by atoms with Gasteiger partial charge in [-0.3, -0.25) is 0 Å². The van der Waals surface area contributed by atoms with Gasteiger partial charge in [-0.15, -0.1) is 0 Å². The minimum absolute atomic E-state index is 0.132. The molecule has 0 unspecified atom stereocenters. The molecule has 0 N–H and O–H groups in total. The molecule has 0 aliphatic carbocycles. The Balaban J connectivity index is 1.92. The minimum Gasteiger partial charge on any atom is -0.444 e. The summed E-state index contributed by atoms with van der Waals surface area (Å²) in [5.74, 6) is 0.655. The van der Waals surface area contributed by atoms with Crippen molar-refractivity contribution < 1.29 is 13.9 Å². The Morgan fingerprint density at radius 2 is 1.90 bits per heavy atom. The number of halogens is 3. The highest BCUT2D eigenvalue weighted by molar-refractivity contribution is 9.10. The second-order valence-corrected chi connectivity index (χ2v) is 9.79. The topological polar surface area (TPSA) is 71.5 Å². The molecule has 2 aromatic rings. The molecule has 1 fully saturated rings. The lowest BCUT2D eigenvalue weighted by Gasteiger charge is -2.36. The van der Waals surface area contributed by atoms with Gasteiger partial charge in [-0.1, -0.05) is 30.3 Å². The zero-order valence-electron chi connectivity index (χ0n) is 16.6. The van der Waals surface area contributed by atoms with Crippen LogP contribution in [-0.4, -0.2) is 63.5 Å². The average molecular weight is 507 g/mol. The zero-order valence-corrected chi connectivity index (χ0v) is 19.8. The first-order chi connectivity index (χ1) is 13.6. The number of fused-ring (bicyclic) bond motifs is 1. The number of aromatic nitrogens is 3. The summed E-state index contributed by atoms with van der Waals surface area (Å²) in [5.41, 5.74) is -0.413. The number of pyridine rings is 1. The lowest BCUT2D eigenvalue weighted by atomic mass is 10.2. The van der Waals surface area contributed by atoms with Crippen molar-refractivity contribution in [3.8, 4) is 0 Å². The SMILES string of the molecule is CCSc1nc(N2CCN(C(=O)OC(C)(C)C)CC2)c2c(Br)nc(Cl)c(F)c2n1. The number of hydrogen-bond acceptors (Lipinski definition) is 7. The standard InChI is InChI=1S/C18H22BrClFN5O2S/c1-5-29-16-22-12-10(13(19)23-14(20)11(12)21)15(24-16)25-6-8-26(9-7-25)17(27)28-18(2,3)4/h5-9H2,1-4H3. The highest BCUT2D eigenvalue weighted by Gasteiger charge is 2.29. The Kier molecular flexibility index (Phi) is 6.74. The van der Waals surface area contributed by atoms with Crippen molar-refractivity contribution in [2.75, 3.05) is 36.8 Å². The summed E-state index contributed by atoms with van der Waals surface area (Å²) in [6, 6.07) is 0. The van der Waals surface area contributed by atoms with E-state index < -0.39 is 11.4 Å². The van der Waals surface area contributed by atoms with Crippen LogP contribution in [0.4, 0.5) is 15.0 Å². The predicted molar refractivity (Wildman–Crippen MR) is 116 cm³/mol. The van der Waals surface area contributed by atoms with Crippen LogP contribution in [-0.2, 0) is 4.74 Å². The van der Waals surface area contributed by atoms with Crippen LogP contribution in [0.25, 0.3) is 10.9 Å². The first kappa shape index (κ1) is 22.3. The second-order valence-electron chi connectivity index (χ2n) is 7.45. The van der Waals surface area contributed by atoms with Gasteiger partial charge in [-0.25, -0.2) is 24.1 Å². The fourth-order valence-corrected chi connectivity index (χ4v) is 4.30. The van der Waals surface area contributed by atoms with E-state index in [1.165, 1.54) is 11.8 Å². The molecule has 29 heavy (non-hydrogen) atoms. The van der Waals surface area contributed by atoms with E-state index in [1.807, 2.05) is 32.6 Å². The lowest BCUT2D eigenvalue weighted by Crippen LogP contribution is -2.50. The molecular formula is C18H22BrClFN5O2S. The quantitative estimate of drug-likeness (QED) is 0.338. The van der Waals surface area contributed by atoms with Gasteiger partial charge in [-0.2, -0.15) is 0 Å². The number of carbonyl (C=O) groups is 1. The first-order valence-electron chi connectivity index (χ1n) is 9.18. The van der Waals surface area contributed by atoms with Crippen molar-refractivity contribution in [1.82, 2.24) is 19.9 Å². The molecule has 1 saturated heterocycles. The van der Waals surface area contributed by atoms with E-state index in [1.54, 1.807) is 4.90 Å². The number of rotatable bonds is 3. The van der Waals surface area contributed by atoms with Gasteiger partial charge in [0, 0.05) is 26.2 Å². The van der Waals surface area contributed by atoms with E-state index in [2.05, 4.69) is 30.9 Å². The Morgan fingerprint density at radius 1 is 1.24 bits per heavy atom. The number of piperazine rings is 1. The highest BCUT2D eigenvalue weighted by Crippen LogP contribution is 2.35. The number of anilines is 1. The summed E-state index contributed by atoms with van der Waals surface area (Å²) in [7, 11) is 0. The normalized spacial score (nSPS) is 15.1. The van der Waals surface area contributed by atoms with Crippen molar-refractivity contribution in [2.45, 2.75) is 38.5 Å². The van der Waals surface area contributed by atoms with Crippen LogP contribution in [0.1, 0.15) is 27.7 Å². The van der Waals surface area contributed by atoms with Gasteiger partial charge in [0.05, 0.1) is 5.39 Å². The van der Waals surface area contributed by atoms with Gasteiger partial charge in [0.25, 0.3) is 0 Å². The van der Waals surface area contributed by atoms with Crippen LogP contribution in [0.5, 0.6) is 0 Å². The van der Waals surface area contributed by atoms with E-state index in [9.17, 15) is 9.18 Å². The third-order valence-electron chi connectivity index (χ3n) is 4.17. The number of thioether (sulfide) groups is 1. The third kappa shape index (κ3) is 5.03. The number of carbonyl (C=O) groups excluding carboxylic acids is 1. The molecule has 0 radical (unpaired) electrons. The molecule has 7 nitrogen and oxygen atoms in total. The Morgan fingerprint density at radius 3 is 2.48 bits per heavy atom. The van der Waals surface area contributed by atoms with E-state index >= 15 is 0 Å². The maximum Gasteiger partial charge on any atom is 0.410 e. The van der Waals surface area contributed by atoms with Crippen LogP contribution in [0.15, 0.2) is 9.76 Å². The van der Waals surface area contributed by atoms with Gasteiger partial charge >= 0.3 is 6.09 Å². The molecule has 0 spiro atoms. The van der Waals surface area contributed by atoms with Gasteiger partial charge in [0.2, 0.25) is 0 Å². The fraction of sp³-hybridized carbons (Fsp3) is 0.556. The largest absolute Gasteiger partial charge is 0.444 e. The molecule has 3 rings (SSSR count). The summed E-state index contributed by atoms with van der Waals surface area (Å²) in [6.07, 6.45) is -0.340. The summed E-state index contributed by atoms with van der Waals surface area (Å²) in [5, 5.41) is 0.701. The molecule has 0 atom stereocenters. The Hall–Kier alpha value is -1.39. The van der Waals surface area contributed by atoms with Crippen LogP contribution in [0, 0.1) is 5.82 Å². The molecular weight excluding hydrogens is 485 g/mol. The van der Waals surface area contributed by atoms with E-state index in [0.717, 1.165) is 5.75 Å². The smallest absolute Gasteiger partial charge is 0.410 e. The number of amides is 1. The van der Waals surface area contributed by atoms with Crippen molar-refractivity contribution in [3.05, 3.63) is 15.6 Å². The molecule has 1 amide bonds. The molecule has 1 aliphatic heterocycles. The van der Waals surface area contributed by atoms with Gasteiger partial charge < -0.3 is 14.5 Å². The Bertz CT molecular complexity index is 935. The zero-order chi connectivity index (χ0) is 21.3. The van der Waals surface area contributed by atoms with Crippen molar-refractivity contribution in [1.29, 1.82) is 0 Å². The van der Waals surface area contributed by atoms with Crippen LogP contribution < -0.4 is 4.90 Å². The van der Waals surface area contributed by atoms with E-state index in [4.69, 9.17) is 16.3 Å². The maximum atomic E-state index is 14.7. The number of ether oxygens (including phenoxy) is 1. The van der Waals surface area contributed by atoms with Crippen molar-refractivity contribution >= 4 is 62.1 Å².